The average Bonchev–Trinajstić information content (AvgIpc) is 3.38. The number of hydrogen-bond donors (Lipinski definition) is 0. The molecule has 3 aromatic rings. The van der Waals surface area contributed by atoms with Crippen LogP contribution >= 0.6 is 11.3 Å². The van der Waals surface area contributed by atoms with Crippen LogP contribution in [0.4, 0.5) is 0 Å². The van der Waals surface area contributed by atoms with Gasteiger partial charge in [-0.2, -0.15) is 0 Å². The molecule has 8 heteroatoms. The van der Waals surface area contributed by atoms with Crippen LogP contribution in [0, 0.1) is 19.8 Å². The molecule has 6 rings (SSSR count). The molecule has 3 aliphatic rings. The minimum absolute atomic E-state index is 0.0449. The second kappa shape index (κ2) is 10.3. The summed E-state index contributed by atoms with van der Waals surface area (Å²) in [5.74, 6) is 2.29. The van der Waals surface area contributed by atoms with Crippen LogP contribution in [0.1, 0.15) is 50.8 Å². The Labute approximate surface area is 226 Å². The molecule has 3 heterocycles. The van der Waals surface area contributed by atoms with Gasteiger partial charge in [-0.25, -0.2) is 0 Å². The van der Waals surface area contributed by atoms with Gasteiger partial charge < -0.3 is 24.0 Å². The molecule has 1 saturated carbocycles. The summed E-state index contributed by atoms with van der Waals surface area (Å²) in [6, 6.07) is 13.3. The van der Waals surface area contributed by atoms with E-state index in [2.05, 4.69) is 24.4 Å². The van der Waals surface area contributed by atoms with Gasteiger partial charge in [0.1, 0.15) is 18.9 Å². The van der Waals surface area contributed by atoms with E-state index in [4.69, 9.17) is 14.2 Å². The minimum Gasteiger partial charge on any atom is -0.491 e. The van der Waals surface area contributed by atoms with Crippen LogP contribution in [0.3, 0.4) is 0 Å². The highest BCUT2D eigenvalue weighted by Gasteiger charge is 2.35. The number of thiophene rings is 1. The third-order valence-corrected chi connectivity index (χ3v) is 8.55. The first-order valence-corrected chi connectivity index (χ1v) is 14.1. The molecule has 2 amide bonds. The summed E-state index contributed by atoms with van der Waals surface area (Å²) < 4.78 is 17.2. The molecule has 2 aromatic carbocycles. The predicted octanol–water partition coefficient (Wildman–Crippen LogP) is 5.15. The molecule has 1 aliphatic carbocycles. The molecule has 2 aliphatic heterocycles. The zero-order chi connectivity index (χ0) is 26.2. The first-order chi connectivity index (χ1) is 18.5. The van der Waals surface area contributed by atoms with Crippen molar-refractivity contribution in [1.82, 2.24) is 9.80 Å². The van der Waals surface area contributed by atoms with E-state index in [0.29, 0.717) is 42.7 Å². The number of amides is 2. The lowest BCUT2D eigenvalue weighted by Crippen LogP contribution is -2.48. The maximum atomic E-state index is 13.8. The Kier molecular flexibility index (Phi) is 6.74. The van der Waals surface area contributed by atoms with Crippen molar-refractivity contribution < 1.29 is 23.8 Å². The van der Waals surface area contributed by atoms with Gasteiger partial charge in [-0.3, -0.25) is 9.59 Å². The van der Waals surface area contributed by atoms with E-state index in [9.17, 15) is 9.59 Å². The summed E-state index contributed by atoms with van der Waals surface area (Å²) in [5, 5.41) is 2.09. The fraction of sp³-hybridized carbons (Fsp3) is 0.400. The van der Waals surface area contributed by atoms with Crippen molar-refractivity contribution >= 4 is 23.2 Å². The van der Waals surface area contributed by atoms with Crippen molar-refractivity contribution in [2.45, 2.75) is 39.2 Å². The maximum Gasteiger partial charge on any atom is 0.254 e. The van der Waals surface area contributed by atoms with Crippen LogP contribution in [-0.2, 0) is 11.2 Å². The molecule has 7 nitrogen and oxygen atoms in total. The molecule has 0 spiro atoms. The van der Waals surface area contributed by atoms with Gasteiger partial charge in [0.05, 0.1) is 6.04 Å². The predicted molar refractivity (Wildman–Crippen MR) is 145 cm³/mol. The Hall–Kier alpha value is -3.52. The summed E-state index contributed by atoms with van der Waals surface area (Å²) in [4.78, 5) is 32.3. The summed E-state index contributed by atoms with van der Waals surface area (Å²) in [5.41, 5.74) is 3.92. The monoisotopic (exact) mass is 532 g/mol. The van der Waals surface area contributed by atoms with Gasteiger partial charge in [0, 0.05) is 23.5 Å². The van der Waals surface area contributed by atoms with Gasteiger partial charge in [-0.1, -0.05) is 17.7 Å². The first-order valence-electron chi connectivity index (χ1n) is 13.2. The third-order valence-electron chi connectivity index (χ3n) is 7.55. The summed E-state index contributed by atoms with van der Waals surface area (Å²) in [6.07, 6.45) is 3.00. The number of ether oxygens (including phenoxy) is 3. The van der Waals surface area contributed by atoms with Crippen LogP contribution in [0.2, 0.25) is 0 Å². The van der Waals surface area contributed by atoms with E-state index in [0.717, 1.165) is 36.1 Å². The van der Waals surface area contributed by atoms with Crippen LogP contribution in [0.5, 0.6) is 17.2 Å². The molecule has 1 fully saturated rings. The topological polar surface area (TPSA) is 68.3 Å². The summed E-state index contributed by atoms with van der Waals surface area (Å²) >= 11 is 1.73. The Morgan fingerprint density at radius 3 is 2.74 bits per heavy atom. The normalized spacial score (nSPS) is 17.7. The fourth-order valence-electron chi connectivity index (χ4n) is 5.30. The maximum absolute atomic E-state index is 13.8. The lowest BCUT2D eigenvalue weighted by atomic mass is 10.00. The number of benzene rings is 2. The molecule has 198 valence electrons. The third kappa shape index (κ3) is 5.10. The number of carbonyl (C=O) groups is 2. The number of rotatable bonds is 8. The minimum atomic E-state index is -0.193. The van der Waals surface area contributed by atoms with Gasteiger partial charge in [0.25, 0.3) is 5.91 Å². The van der Waals surface area contributed by atoms with Crippen LogP contribution < -0.4 is 14.2 Å². The lowest BCUT2D eigenvalue weighted by molar-refractivity contribution is -0.135. The second-order valence-corrected chi connectivity index (χ2v) is 11.4. The highest BCUT2D eigenvalue weighted by Crippen LogP contribution is 2.36. The van der Waals surface area contributed by atoms with E-state index in [1.54, 1.807) is 34.4 Å². The zero-order valence-corrected chi connectivity index (χ0v) is 22.6. The number of aryl methyl sites for hydroxylation is 2. The largest absolute Gasteiger partial charge is 0.491 e. The summed E-state index contributed by atoms with van der Waals surface area (Å²) in [6.45, 7) is 5.88. The number of fused-ring (bicyclic) bond motifs is 2. The van der Waals surface area contributed by atoms with E-state index in [1.807, 2.05) is 24.0 Å². The van der Waals surface area contributed by atoms with Crippen LogP contribution in [0.15, 0.2) is 47.8 Å². The van der Waals surface area contributed by atoms with Gasteiger partial charge in [-0.05, 0) is 85.9 Å². The highest BCUT2D eigenvalue weighted by molar-refractivity contribution is 7.10. The van der Waals surface area contributed by atoms with Gasteiger partial charge >= 0.3 is 0 Å². The molecule has 0 saturated heterocycles. The number of hydrogen-bond acceptors (Lipinski definition) is 6. The fourth-order valence-corrected chi connectivity index (χ4v) is 6.23. The SMILES string of the molecule is Cc1ccc(OC[C@@H]2c3ccsc3CCN2C(=O)CN(CC2CC2)C(=O)c2ccc3c(c2)OCO3)c(C)c1. The Balaban J connectivity index is 1.21. The quantitative estimate of drug-likeness (QED) is 0.401. The van der Waals surface area contributed by atoms with Gasteiger partial charge in [-0.15, -0.1) is 11.3 Å². The summed E-state index contributed by atoms with van der Waals surface area (Å²) in [7, 11) is 0. The zero-order valence-electron chi connectivity index (χ0n) is 21.8. The van der Waals surface area contributed by atoms with E-state index in [1.165, 1.54) is 10.4 Å². The van der Waals surface area contributed by atoms with E-state index < -0.39 is 0 Å². The number of nitrogens with zero attached hydrogens (tertiary/aromatic N) is 2. The molecule has 38 heavy (non-hydrogen) atoms. The second-order valence-electron chi connectivity index (χ2n) is 10.4. The van der Waals surface area contributed by atoms with Crippen molar-refractivity contribution in [3.05, 3.63) is 75.0 Å². The Morgan fingerprint density at radius 2 is 1.92 bits per heavy atom. The number of carbonyl (C=O) groups excluding carboxylic acids is 2. The van der Waals surface area contributed by atoms with Crippen LogP contribution in [-0.4, -0.2) is 54.6 Å². The van der Waals surface area contributed by atoms with E-state index >= 15 is 0 Å². The molecule has 1 aromatic heterocycles. The molecule has 1 atom stereocenters. The van der Waals surface area contributed by atoms with Crippen molar-refractivity contribution in [3.63, 3.8) is 0 Å². The Bertz CT molecular complexity index is 1360. The molecule has 0 radical (unpaired) electrons. The van der Waals surface area contributed by atoms with E-state index in [-0.39, 0.29) is 31.2 Å². The first kappa shape index (κ1) is 24.8. The molecule has 0 N–H and O–H groups in total. The molecular weight excluding hydrogens is 500 g/mol. The van der Waals surface area contributed by atoms with Gasteiger partial charge in [0.15, 0.2) is 11.5 Å². The average molecular weight is 533 g/mol. The van der Waals surface area contributed by atoms with Crippen molar-refractivity contribution in [1.29, 1.82) is 0 Å². The van der Waals surface area contributed by atoms with Crippen molar-refractivity contribution in [3.8, 4) is 17.2 Å². The van der Waals surface area contributed by atoms with Crippen molar-refractivity contribution in [2.75, 3.05) is 33.0 Å². The van der Waals surface area contributed by atoms with Gasteiger partial charge in [0.2, 0.25) is 12.7 Å². The highest BCUT2D eigenvalue weighted by atomic mass is 32.1. The van der Waals surface area contributed by atoms with Crippen LogP contribution in [0.25, 0.3) is 0 Å². The van der Waals surface area contributed by atoms with Crippen molar-refractivity contribution in [2.24, 2.45) is 5.92 Å². The Morgan fingerprint density at radius 1 is 1.08 bits per heavy atom. The molecular formula is C30H32N2O5S. The standard InChI is InChI=1S/C30H32N2O5S/c1-19-3-7-25(20(2)13-19)35-17-24-23-10-12-38-28(23)9-11-32(24)29(33)16-31(15-21-4-5-21)30(34)22-6-8-26-27(14-22)37-18-36-26/h3,6-8,10,12-14,21,24H,4-5,9,11,15-18H2,1-2H3/t24-/m1/s1. The lowest BCUT2D eigenvalue weighted by Gasteiger charge is -2.37. The smallest absolute Gasteiger partial charge is 0.254 e. The molecule has 0 bridgehead atoms. The molecule has 0 unspecified atom stereocenters.